The first-order valence-corrected chi connectivity index (χ1v) is 4.03. The number of nitrogens with one attached hydrogen (secondary N) is 2. The van der Waals surface area contributed by atoms with Gasteiger partial charge in [-0.3, -0.25) is 10.1 Å². The van der Waals surface area contributed by atoms with Crippen LogP contribution in [0.4, 0.5) is 0 Å². The summed E-state index contributed by atoms with van der Waals surface area (Å²) in [5.41, 5.74) is 5.35. The third kappa shape index (κ3) is 2.86. The van der Waals surface area contributed by atoms with Gasteiger partial charge in [-0.1, -0.05) is 0 Å². The summed E-state index contributed by atoms with van der Waals surface area (Å²) in [7, 11) is 0. The molecule has 1 aliphatic rings. The highest BCUT2D eigenvalue weighted by Gasteiger charge is 2.16. The van der Waals surface area contributed by atoms with Crippen molar-refractivity contribution in [2.75, 3.05) is 13.2 Å². The second-order valence-electron chi connectivity index (χ2n) is 2.81. The maximum atomic E-state index is 10.9. The Morgan fingerprint density at radius 3 is 3.09 bits per heavy atom. The number of carbonyl (C=O) groups is 1. The van der Waals surface area contributed by atoms with E-state index >= 15 is 0 Å². The van der Waals surface area contributed by atoms with E-state index in [2.05, 4.69) is 10.6 Å². The maximum Gasteiger partial charge on any atom is 0.222 e. The number of carbonyl (C=O) groups excluding carboxylic acids is 1. The number of rotatable bonds is 3. The fourth-order valence-electron chi connectivity index (χ4n) is 1.23. The molecule has 0 bridgehead atoms. The van der Waals surface area contributed by atoms with E-state index in [1.807, 2.05) is 0 Å². The summed E-state index contributed by atoms with van der Waals surface area (Å²) >= 11 is 0. The summed E-state index contributed by atoms with van der Waals surface area (Å²) < 4.78 is 0. The molecule has 11 heavy (non-hydrogen) atoms. The van der Waals surface area contributed by atoms with E-state index in [-0.39, 0.29) is 5.91 Å². The van der Waals surface area contributed by atoms with Crippen molar-refractivity contribution in [3.63, 3.8) is 0 Å². The summed E-state index contributed by atoms with van der Waals surface area (Å²) in [4.78, 5) is 10.9. The smallest absolute Gasteiger partial charge is 0.222 e. The highest BCUT2D eigenvalue weighted by atomic mass is 16.1. The molecule has 1 fully saturated rings. The Morgan fingerprint density at radius 1 is 1.64 bits per heavy atom. The molecular weight excluding hydrogens is 142 g/mol. The molecule has 0 aromatic heterocycles. The highest BCUT2D eigenvalue weighted by molar-refractivity contribution is 5.77. The van der Waals surface area contributed by atoms with Gasteiger partial charge < -0.3 is 11.1 Å². The van der Waals surface area contributed by atoms with E-state index < -0.39 is 0 Å². The van der Waals surface area contributed by atoms with Gasteiger partial charge in [0.25, 0.3) is 0 Å². The quantitative estimate of drug-likeness (QED) is 0.500. The van der Waals surface area contributed by atoms with Gasteiger partial charge in [-0.05, 0) is 19.4 Å². The molecule has 4 heteroatoms. The largest absolute Gasteiger partial charge is 0.343 e. The monoisotopic (exact) mass is 157 g/mol. The van der Waals surface area contributed by atoms with Crippen LogP contribution in [-0.2, 0) is 4.79 Å². The minimum Gasteiger partial charge on any atom is -0.343 e. The van der Waals surface area contributed by atoms with E-state index in [9.17, 15) is 4.79 Å². The van der Waals surface area contributed by atoms with Crippen molar-refractivity contribution in [2.24, 2.45) is 5.73 Å². The van der Waals surface area contributed by atoms with Crippen molar-refractivity contribution in [1.82, 2.24) is 10.6 Å². The summed E-state index contributed by atoms with van der Waals surface area (Å²) in [6.45, 7) is 1.31. The van der Waals surface area contributed by atoms with Crippen LogP contribution in [-0.4, -0.2) is 25.2 Å². The van der Waals surface area contributed by atoms with Gasteiger partial charge in [0.1, 0.15) is 0 Å². The fourth-order valence-corrected chi connectivity index (χ4v) is 1.23. The lowest BCUT2D eigenvalue weighted by Crippen LogP contribution is -2.48. The topological polar surface area (TPSA) is 67.2 Å². The lowest BCUT2D eigenvalue weighted by molar-refractivity contribution is -0.123. The molecule has 1 saturated heterocycles. The van der Waals surface area contributed by atoms with Crippen molar-refractivity contribution in [1.29, 1.82) is 0 Å². The second kappa shape index (κ2) is 4.31. The summed E-state index contributed by atoms with van der Waals surface area (Å²) in [6.07, 6.45) is 2.59. The number of amides is 1. The lowest BCUT2D eigenvalue weighted by Gasteiger charge is -2.23. The van der Waals surface area contributed by atoms with E-state index in [4.69, 9.17) is 5.73 Å². The maximum absolute atomic E-state index is 10.9. The molecule has 1 atom stereocenters. The number of hydrogen-bond donors (Lipinski definition) is 3. The standard InChI is InChI=1S/C7H15N3O/c8-3-1-2-6-4-7(11)10-5-9-6/h6,9H,1-5,8H2,(H,10,11). The number of hydrogen-bond acceptors (Lipinski definition) is 3. The molecule has 0 aromatic carbocycles. The second-order valence-corrected chi connectivity index (χ2v) is 2.81. The van der Waals surface area contributed by atoms with Gasteiger partial charge in [0.2, 0.25) is 5.91 Å². The lowest BCUT2D eigenvalue weighted by atomic mass is 10.1. The minimum absolute atomic E-state index is 0.144. The van der Waals surface area contributed by atoms with Gasteiger partial charge in [-0.25, -0.2) is 0 Å². The Hall–Kier alpha value is -0.610. The zero-order valence-electron chi connectivity index (χ0n) is 6.60. The predicted molar refractivity (Wildman–Crippen MR) is 42.8 cm³/mol. The van der Waals surface area contributed by atoms with Crippen LogP contribution in [0.3, 0.4) is 0 Å². The van der Waals surface area contributed by atoms with Gasteiger partial charge in [0.15, 0.2) is 0 Å². The van der Waals surface area contributed by atoms with Crippen LogP contribution in [0.25, 0.3) is 0 Å². The van der Waals surface area contributed by atoms with Crippen molar-refractivity contribution in [2.45, 2.75) is 25.3 Å². The molecule has 64 valence electrons. The third-order valence-corrected chi connectivity index (χ3v) is 1.86. The molecule has 0 aromatic rings. The molecule has 1 unspecified atom stereocenters. The minimum atomic E-state index is 0.144. The molecule has 0 saturated carbocycles. The van der Waals surface area contributed by atoms with Crippen molar-refractivity contribution >= 4 is 5.91 Å². The van der Waals surface area contributed by atoms with Crippen LogP contribution in [0.5, 0.6) is 0 Å². The molecule has 0 radical (unpaired) electrons. The molecule has 0 spiro atoms. The molecular formula is C7H15N3O. The van der Waals surface area contributed by atoms with Gasteiger partial charge in [-0.2, -0.15) is 0 Å². The zero-order chi connectivity index (χ0) is 8.10. The van der Waals surface area contributed by atoms with Crippen LogP contribution in [0.15, 0.2) is 0 Å². The summed E-state index contributed by atoms with van der Waals surface area (Å²) in [5.74, 6) is 0.144. The predicted octanol–water partition coefficient (Wildman–Crippen LogP) is -0.839. The molecule has 4 nitrogen and oxygen atoms in total. The normalized spacial score (nSPS) is 24.8. The first-order chi connectivity index (χ1) is 5.33. The molecule has 1 aliphatic heterocycles. The van der Waals surface area contributed by atoms with Crippen LogP contribution < -0.4 is 16.4 Å². The summed E-state index contributed by atoms with van der Waals surface area (Å²) in [6, 6.07) is 0.340. The molecule has 1 amide bonds. The average Bonchev–Trinajstić information content (AvgIpc) is 2.01. The Labute approximate surface area is 66.5 Å². The van der Waals surface area contributed by atoms with Crippen molar-refractivity contribution in [3.05, 3.63) is 0 Å². The van der Waals surface area contributed by atoms with Gasteiger partial charge in [0.05, 0.1) is 6.67 Å². The van der Waals surface area contributed by atoms with Gasteiger partial charge in [0, 0.05) is 12.5 Å². The molecule has 1 rings (SSSR count). The van der Waals surface area contributed by atoms with Crippen LogP contribution in [0.2, 0.25) is 0 Å². The first-order valence-electron chi connectivity index (χ1n) is 4.03. The van der Waals surface area contributed by atoms with Gasteiger partial charge >= 0.3 is 0 Å². The zero-order valence-corrected chi connectivity index (χ0v) is 6.60. The Morgan fingerprint density at radius 2 is 2.45 bits per heavy atom. The Kier molecular flexibility index (Phi) is 3.32. The van der Waals surface area contributed by atoms with E-state index in [1.165, 1.54) is 0 Å². The van der Waals surface area contributed by atoms with E-state index in [0.717, 1.165) is 12.8 Å². The fraction of sp³-hybridized carbons (Fsp3) is 0.857. The SMILES string of the molecule is NCCCC1CC(=O)NCN1. The highest BCUT2D eigenvalue weighted by Crippen LogP contribution is 2.03. The van der Waals surface area contributed by atoms with Crippen LogP contribution in [0.1, 0.15) is 19.3 Å². The van der Waals surface area contributed by atoms with Crippen LogP contribution in [0, 0.1) is 0 Å². The third-order valence-electron chi connectivity index (χ3n) is 1.86. The average molecular weight is 157 g/mol. The van der Waals surface area contributed by atoms with Crippen molar-refractivity contribution < 1.29 is 4.79 Å². The Balaban J connectivity index is 2.17. The molecule has 1 heterocycles. The van der Waals surface area contributed by atoms with Gasteiger partial charge in [-0.15, -0.1) is 0 Å². The van der Waals surface area contributed by atoms with Crippen LogP contribution >= 0.6 is 0 Å². The molecule has 4 N–H and O–H groups in total. The first kappa shape index (κ1) is 8.49. The van der Waals surface area contributed by atoms with E-state index in [0.29, 0.717) is 25.7 Å². The molecule has 0 aliphatic carbocycles. The van der Waals surface area contributed by atoms with Crippen molar-refractivity contribution in [3.8, 4) is 0 Å². The summed E-state index contributed by atoms with van der Waals surface area (Å²) in [5, 5.41) is 5.90. The Bertz CT molecular complexity index is 138. The van der Waals surface area contributed by atoms with E-state index in [1.54, 1.807) is 0 Å². The number of nitrogens with two attached hydrogens (primary N) is 1.